The summed E-state index contributed by atoms with van der Waals surface area (Å²) < 4.78 is 1.26. The van der Waals surface area contributed by atoms with Gasteiger partial charge in [0.25, 0.3) is 5.91 Å². The van der Waals surface area contributed by atoms with Crippen molar-refractivity contribution in [1.29, 1.82) is 0 Å². The molecule has 0 unspecified atom stereocenters. The number of rotatable bonds is 3. The Morgan fingerprint density at radius 3 is 2.45 bits per heavy atom. The van der Waals surface area contributed by atoms with Crippen LogP contribution in [0.5, 0.6) is 0 Å². The smallest absolute Gasteiger partial charge is 0.267 e. The summed E-state index contributed by atoms with van der Waals surface area (Å²) in [5, 5.41) is 4.70. The van der Waals surface area contributed by atoms with Gasteiger partial charge >= 0.3 is 0 Å². The quantitative estimate of drug-likeness (QED) is 0.745. The third-order valence-corrected chi connectivity index (χ3v) is 3.76. The summed E-state index contributed by atoms with van der Waals surface area (Å²) in [5.41, 5.74) is 1.23. The fourth-order valence-corrected chi connectivity index (χ4v) is 2.49. The van der Waals surface area contributed by atoms with E-state index >= 15 is 0 Å². The van der Waals surface area contributed by atoms with Crippen LogP contribution in [0.2, 0.25) is 5.02 Å². The van der Waals surface area contributed by atoms with Gasteiger partial charge in [-0.15, -0.1) is 5.10 Å². The molecule has 22 heavy (non-hydrogen) atoms. The van der Waals surface area contributed by atoms with Crippen molar-refractivity contribution in [2.45, 2.75) is 5.75 Å². The zero-order valence-corrected chi connectivity index (χ0v) is 13.1. The van der Waals surface area contributed by atoms with Gasteiger partial charge in [-0.2, -0.15) is 17.3 Å². The summed E-state index contributed by atoms with van der Waals surface area (Å²) in [6.07, 6.45) is 0. The van der Waals surface area contributed by atoms with Crippen LogP contribution < -0.4 is 0 Å². The molecule has 0 N–H and O–H groups in total. The molecule has 0 spiro atoms. The highest BCUT2D eigenvalue weighted by molar-refractivity contribution is 7.79. The second-order valence-electron chi connectivity index (χ2n) is 4.57. The van der Waals surface area contributed by atoms with Gasteiger partial charge in [-0.3, -0.25) is 4.79 Å². The van der Waals surface area contributed by atoms with Crippen LogP contribution in [-0.4, -0.2) is 20.7 Å². The zero-order chi connectivity index (χ0) is 15.5. The van der Waals surface area contributed by atoms with E-state index in [9.17, 15) is 4.79 Å². The van der Waals surface area contributed by atoms with Crippen molar-refractivity contribution in [2.75, 3.05) is 0 Å². The molecule has 0 aliphatic carbocycles. The summed E-state index contributed by atoms with van der Waals surface area (Å²) in [5.74, 6) is 0.956. The second-order valence-corrected chi connectivity index (χ2v) is 5.30. The molecule has 0 bridgehead atoms. The van der Waals surface area contributed by atoms with Crippen molar-refractivity contribution in [3.05, 3.63) is 71.0 Å². The van der Waals surface area contributed by atoms with Crippen LogP contribution in [-0.2, 0) is 5.75 Å². The molecule has 3 aromatic rings. The van der Waals surface area contributed by atoms with Gasteiger partial charge in [0.15, 0.2) is 5.82 Å². The van der Waals surface area contributed by atoms with Crippen molar-refractivity contribution in [3.8, 4) is 11.4 Å². The Kier molecular flexibility index (Phi) is 4.27. The Morgan fingerprint density at radius 1 is 1.09 bits per heavy atom. The minimum absolute atomic E-state index is 0.302. The van der Waals surface area contributed by atoms with Crippen molar-refractivity contribution in [3.63, 3.8) is 0 Å². The monoisotopic (exact) mass is 329 g/mol. The van der Waals surface area contributed by atoms with Crippen LogP contribution in [0.15, 0.2) is 54.6 Å². The maximum Gasteiger partial charge on any atom is 0.281 e. The van der Waals surface area contributed by atoms with Crippen LogP contribution in [0.4, 0.5) is 0 Å². The molecule has 0 atom stereocenters. The molecule has 6 heteroatoms. The first-order valence-electron chi connectivity index (χ1n) is 6.62. The fraction of sp³-hybridized carbons (Fsp3) is 0.0625. The number of carbonyl (C=O) groups excluding carboxylic acids is 1. The van der Waals surface area contributed by atoms with Crippen molar-refractivity contribution < 1.29 is 4.79 Å². The summed E-state index contributed by atoms with van der Waals surface area (Å²) >= 11 is 10.3. The number of thiol groups is 1. The maximum absolute atomic E-state index is 12.6. The van der Waals surface area contributed by atoms with E-state index < -0.39 is 0 Å². The predicted octanol–water partition coefficient (Wildman–Crippen LogP) is 3.72. The lowest BCUT2D eigenvalue weighted by atomic mass is 10.2. The second kappa shape index (κ2) is 6.34. The molecule has 110 valence electrons. The van der Waals surface area contributed by atoms with Gasteiger partial charge in [0.05, 0.1) is 16.3 Å². The minimum atomic E-state index is -0.315. The molecule has 0 aliphatic heterocycles. The summed E-state index contributed by atoms with van der Waals surface area (Å²) in [7, 11) is 0. The average molecular weight is 330 g/mol. The van der Waals surface area contributed by atoms with Gasteiger partial charge < -0.3 is 0 Å². The molecule has 0 amide bonds. The lowest BCUT2D eigenvalue weighted by Gasteiger charge is -2.04. The molecule has 2 aromatic carbocycles. The van der Waals surface area contributed by atoms with Gasteiger partial charge in [-0.05, 0) is 12.1 Å². The molecule has 3 rings (SSSR count). The number of hydrogen-bond donors (Lipinski definition) is 1. The van der Waals surface area contributed by atoms with Crippen molar-refractivity contribution >= 4 is 30.1 Å². The molecule has 0 aliphatic rings. The standard InChI is InChI=1S/C16H12ClN3OS/c17-13-9-5-4-8-12(13)16(21)20-14(10-22)18-15(19-20)11-6-2-1-3-7-11/h1-9,22H,10H2. The molecule has 0 radical (unpaired) electrons. The van der Waals surface area contributed by atoms with Gasteiger partial charge in [-0.1, -0.05) is 54.1 Å². The van der Waals surface area contributed by atoms with Gasteiger partial charge in [0.1, 0.15) is 5.82 Å². The zero-order valence-electron chi connectivity index (χ0n) is 11.5. The Morgan fingerprint density at radius 2 is 1.77 bits per heavy atom. The highest BCUT2D eigenvalue weighted by Crippen LogP contribution is 2.20. The Bertz CT molecular complexity index is 817. The van der Waals surface area contributed by atoms with E-state index in [2.05, 4.69) is 22.7 Å². The highest BCUT2D eigenvalue weighted by atomic mass is 35.5. The minimum Gasteiger partial charge on any atom is -0.267 e. The topological polar surface area (TPSA) is 47.8 Å². The lowest BCUT2D eigenvalue weighted by Crippen LogP contribution is -2.16. The number of halogens is 1. The van der Waals surface area contributed by atoms with E-state index in [-0.39, 0.29) is 5.91 Å². The number of aromatic nitrogens is 3. The third kappa shape index (κ3) is 2.77. The summed E-state index contributed by atoms with van der Waals surface area (Å²) in [6.45, 7) is 0. The predicted molar refractivity (Wildman–Crippen MR) is 89.3 cm³/mol. The number of carbonyl (C=O) groups is 1. The molecule has 0 fully saturated rings. The van der Waals surface area contributed by atoms with Gasteiger partial charge in [0.2, 0.25) is 0 Å². The van der Waals surface area contributed by atoms with E-state index in [1.807, 2.05) is 30.3 Å². The first kappa shape index (κ1) is 14.8. The normalized spacial score (nSPS) is 10.6. The Balaban J connectivity index is 2.06. The molecule has 4 nitrogen and oxygen atoms in total. The molecule has 1 heterocycles. The molecule has 0 saturated carbocycles. The van der Waals surface area contributed by atoms with E-state index in [0.29, 0.717) is 28.0 Å². The van der Waals surface area contributed by atoms with Crippen LogP contribution in [0.1, 0.15) is 16.2 Å². The lowest BCUT2D eigenvalue weighted by molar-refractivity contribution is 0.0942. The van der Waals surface area contributed by atoms with E-state index in [0.717, 1.165) is 5.56 Å². The van der Waals surface area contributed by atoms with E-state index in [4.69, 9.17) is 11.6 Å². The van der Waals surface area contributed by atoms with Crippen LogP contribution >= 0.6 is 24.2 Å². The molecular formula is C16H12ClN3OS. The van der Waals surface area contributed by atoms with Gasteiger partial charge in [-0.25, -0.2) is 4.98 Å². The van der Waals surface area contributed by atoms with E-state index in [1.54, 1.807) is 24.3 Å². The van der Waals surface area contributed by atoms with Gasteiger partial charge in [0, 0.05) is 5.56 Å². The van der Waals surface area contributed by atoms with Crippen LogP contribution in [0.3, 0.4) is 0 Å². The summed E-state index contributed by atoms with van der Waals surface area (Å²) in [4.78, 5) is 17.0. The summed E-state index contributed by atoms with van der Waals surface area (Å²) in [6, 6.07) is 16.3. The highest BCUT2D eigenvalue weighted by Gasteiger charge is 2.19. The van der Waals surface area contributed by atoms with Crippen LogP contribution in [0, 0.1) is 0 Å². The van der Waals surface area contributed by atoms with Crippen molar-refractivity contribution in [2.24, 2.45) is 0 Å². The SMILES string of the molecule is O=C(c1ccccc1Cl)n1nc(-c2ccccc2)nc1CS. The molecule has 0 saturated heterocycles. The largest absolute Gasteiger partial charge is 0.281 e. The number of benzene rings is 2. The third-order valence-electron chi connectivity index (χ3n) is 3.14. The number of nitrogens with zero attached hydrogens (tertiary/aromatic N) is 3. The molecular weight excluding hydrogens is 318 g/mol. The average Bonchev–Trinajstić information content (AvgIpc) is 3.00. The maximum atomic E-state index is 12.6. The first-order chi connectivity index (χ1) is 10.7. The number of hydrogen-bond acceptors (Lipinski definition) is 4. The van der Waals surface area contributed by atoms with Crippen LogP contribution in [0.25, 0.3) is 11.4 Å². The molecule has 1 aromatic heterocycles. The fourth-order valence-electron chi connectivity index (χ4n) is 2.07. The van der Waals surface area contributed by atoms with Crippen molar-refractivity contribution in [1.82, 2.24) is 14.8 Å². The Hall–Kier alpha value is -2.11. The van der Waals surface area contributed by atoms with E-state index in [1.165, 1.54) is 4.68 Å². The Labute approximate surface area is 138 Å². The first-order valence-corrected chi connectivity index (χ1v) is 7.63.